The van der Waals surface area contributed by atoms with Crippen molar-refractivity contribution < 1.29 is 19.1 Å². The molecule has 2 saturated carbocycles. The summed E-state index contributed by atoms with van der Waals surface area (Å²) < 4.78 is 7.65. The Bertz CT molecular complexity index is 1090. The summed E-state index contributed by atoms with van der Waals surface area (Å²) in [6.07, 6.45) is 7.64. The van der Waals surface area contributed by atoms with Gasteiger partial charge in [-0.15, -0.1) is 11.3 Å². The molecule has 2 fully saturated rings. The summed E-state index contributed by atoms with van der Waals surface area (Å²) in [6, 6.07) is 7.83. The van der Waals surface area contributed by atoms with E-state index in [1.54, 1.807) is 0 Å². The maximum Gasteiger partial charge on any atom is 0.348 e. The first-order valence-electron chi connectivity index (χ1n) is 13.6. The highest BCUT2D eigenvalue weighted by Crippen LogP contribution is 2.44. The molecule has 0 radical (unpaired) electrons. The summed E-state index contributed by atoms with van der Waals surface area (Å²) in [4.78, 5) is 28.8. The molecule has 1 N–H and O–H groups in total. The number of aromatic carboxylic acids is 1. The Morgan fingerprint density at radius 1 is 1.00 bits per heavy atom. The Morgan fingerprint density at radius 2 is 1.61 bits per heavy atom. The number of amides is 1. The first-order valence-corrected chi connectivity index (χ1v) is 17.4. The van der Waals surface area contributed by atoms with Gasteiger partial charge in [-0.1, -0.05) is 45.9 Å². The SMILES string of the molecule is CC1CCC(C(=O)N(c2c(C(=O)O)sc3ccccc23)C2CCC(O[Si](C)(C)C(C)(C)C)CC2)CC1. The number of rotatable bonds is 6. The number of carbonyl (C=O) groups excluding carboxylic acids is 1. The van der Waals surface area contributed by atoms with Gasteiger partial charge in [0.1, 0.15) is 4.88 Å². The molecule has 2 aliphatic carbocycles. The lowest BCUT2D eigenvalue weighted by atomic mass is 9.81. The molecule has 1 heterocycles. The lowest BCUT2D eigenvalue weighted by Gasteiger charge is -2.43. The molecule has 198 valence electrons. The standard InChI is InChI=1S/C29H43NO4SSi/c1-19-11-13-20(14-12-19)27(31)30(25-23-9-7-8-10-24(23)35-26(25)28(32)33)21-15-17-22(18-16-21)34-36(5,6)29(2,3)4/h7-10,19-22H,11-18H2,1-6H3,(H,32,33). The van der Waals surface area contributed by atoms with Gasteiger partial charge in [0.05, 0.1) is 5.69 Å². The number of hydrogen-bond acceptors (Lipinski definition) is 4. The minimum absolute atomic E-state index is 0.00669. The summed E-state index contributed by atoms with van der Waals surface area (Å²) in [5.41, 5.74) is 0.625. The number of carbonyl (C=O) groups is 2. The van der Waals surface area contributed by atoms with Crippen LogP contribution >= 0.6 is 11.3 Å². The smallest absolute Gasteiger partial charge is 0.348 e. The topological polar surface area (TPSA) is 66.8 Å². The third-order valence-corrected chi connectivity index (χ3v) is 14.6. The van der Waals surface area contributed by atoms with Gasteiger partial charge in [0.25, 0.3) is 0 Å². The average Bonchev–Trinajstić information content (AvgIpc) is 3.19. The van der Waals surface area contributed by atoms with Gasteiger partial charge >= 0.3 is 5.97 Å². The normalized spacial score (nSPS) is 25.6. The highest BCUT2D eigenvalue weighted by molar-refractivity contribution is 7.21. The van der Waals surface area contributed by atoms with E-state index in [4.69, 9.17) is 4.43 Å². The second-order valence-electron chi connectivity index (χ2n) is 12.6. The van der Waals surface area contributed by atoms with Crippen LogP contribution in [-0.4, -0.2) is 37.4 Å². The van der Waals surface area contributed by atoms with Crippen LogP contribution in [0.2, 0.25) is 18.1 Å². The number of fused-ring (bicyclic) bond motifs is 1. The zero-order chi connectivity index (χ0) is 26.3. The zero-order valence-electron chi connectivity index (χ0n) is 22.8. The fourth-order valence-electron chi connectivity index (χ4n) is 5.61. The van der Waals surface area contributed by atoms with Gasteiger partial charge in [-0.05, 0) is 81.5 Å². The van der Waals surface area contributed by atoms with Gasteiger partial charge in [0, 0.05) is 28.1 Å². The quantitative estimate of drug-likeness (QED) is 0.384. The molecule has 1 aromatic carbocycles. The molecule has 1 aromatic heterocycles. The zero-order valence-corrected chi connectivity index (χ0v) is 24.6. The molecule has 0 atom stereocenters. The van der Waals surface area contributed by atoms with Crippen LogP contribution < -0.4 is 4.90 Å². The van der Waals surface area contributed by atoms with Crippen LogP contribution in [0.3, 0.4) is 0 Å². The molecular weight excluding hydrogens is 486 g/mol. The predicted molar refractivity (Wildman–Crippen MR) is 152 cm³/mol. The van der Waals surface area contributed by atoms with Crippen LogP contribution in [-0.2, 0) is 9.22 Å². The largest absolute Gasteiger partial charge is 0.477 e. The van der Waals surface area contributed by atoms with Crippen molar-refractivity contribution in [1.82, 2.24) is 0 Å². The summed E-state index contributed by atoms with van der Waals surface area (Å²) in [6.45, 7) is 13.7. The molecular formula is C29H43NO4SSi. The van der Waals surface area contributed by atoms with E-state index < -0.39 is 14.3 Å². The number of benzene rings is 1. The third-order valence-electron chi connectivity index (χ3n) is 8.88. The molecule has 2 aliphatic rings. The van der Waals surface area contributed by atoms with Crippen LogP contribution in [0, 0.1) is 11.8 Å². The number of thiophene rings is 1. The van der Waals surface area contributed by atoms with Gasteiger partial charge in [-0.25, -0.2) is 4.79 Å². The Kier molecular flexibility index (Phi) is 8.03. The molecule has 4 rings (SSSR count). The Hall–Kier alpha value is -1.70. The molecule has 1 amide bonds. The van der Waals surface area contributed by atoms with Gasteiger partial charge in [-0.2, -0.15) is 0 Å². The van der Waals surface area contributed by atoms with E-state index in [9.17, 15) is 14.7 Å². The number of hydrogen-bond donors (Lipinski definition) is 1. The fourth-order valence-corrected chi connectivity index (χ4v) is 8.06. The fraction of sp³-hybridized carbons (Fsp3) is 0.655. The highest BCUT2D eigenvalue weighted by Gasteiger charge is 2.42. The van der Waals surface area contributed by atoms with Gasteiger partial charge < -0.3 is 14.4 Å². The lowest BCUT2D eigenvalue weighted by molar-refractivity contribution is -0.124. The number of carboxylic acid groups (broad SMARTS) is 1. The van der Waals surface area contributed by atoms with E-state index in [-0.39, 0.29) is 33.9 Å². The van der Waals surface area contributed by atoms with Gasteiger partial charge in [0.15, 0.2) is 8.32 Å². The summed E-state index contributed by atoms with van der Waals surface area (Å²) in [7, 11) is -1.87. The molecule has 0 saturated heterocycles. The maximum atomic E-state index is 14.2. The summed E-state index contributed by atoms with van der Waals surface area (Å²) >= 11 is 1.29. The Morgan fingerprint density at radius 3 is 2.19 bits per heavy atom. The number of nitrogens with zero attached hydrogens (tertiary/aromatic N) is 1. The van der Waals surface area contributed by atoms with Crippen molar-refractivity contribution in [3.05, 3.63) is 29.1 Å². The number of anilines is 1. The lowest BCUT2D eigenvalue weighted by Crippen LogP contribution is -2.49. The molecule has 0 unspecified atom stereocenters. The Labute approximate surface area is 221 Å². The van der Waals surface area contributed by atoms with Crippen LogP contribution in [0.1, 0.15) is 88.7 Å². The predicted octanol–water partition coefficient (Wildman–Crippen LogP) is 8.09. The molecule has 0 spiro atoms. The molecule has 7 heteroatoms. The van der Waals surface area contributed by atoms with E-state index in [0.29, 0.717) is 11.6 Å². The van der Waals surface area contributed by atoms with E-state index in [2.05, 4.69) is 40.8 Å². The van der Waals surface area contributed by atoms with Crippen molar-refractivity contribution in [3.8, 4) is 0 Å². The van der Waals surface area contributed by atoms with E-state index >= 15 is 0 Å². The van der Waals surface area contributed by atoms with Crippen molar-refractivity contribution in [1.29, 1.82) is 0 Å². The maximum absolute atomic E-state index is 14.2. The van der Waals surface area contributed by atoms with Crippen LogP contribution in [0.25, 0.3) is 10.1 Å². The van der Waals surface area contributed by atoms with Crippen molar-refractivity contribution in [2.75, 3.05) is 4.90 Å². The van der Waals surface area contributed by atoms with E-state index in [1.165, 1.54) is 11.3 Å². The third kappa shape index (κ3) is 5.58. The number of carboxylic acids is 1. The first kappa shape index (κ1) is 27.3. The second kappa shape index (κ2) is 10.6. The van der Waals surface area contributed by atoms with E-state index in [1.807, 2.05) is 29.2 Å². The highest BCUT2D eigenvalue weighted by atomic mass is 32.1. The van der Waals surface area contributed by atoms with Gasteiger partial charge in [-0.3, -0.25) is 4.79 Å². The molecule has 0 aliphatic heterocycles. The molecule has 0 bridgehead atoms. The van der Waals surface area contributed by atoms with Crippen molar-refractivity contribution >= 4 is 47.3 Å². The van der Waals surface area contributed by atoms with Gasteiger partial charge in [0.2, 0.25) is 5.91 Å². The van der Waals surface area contributed by atoms with Crippen LogP contribution in [0.5, 0.6) is 0 Å². The summed E-state index contributed by atoms with van der Waals surface area (Å²) in [5.74, 6) is -0.192. The first-order chi connectivity index (χ1) is 16.9. The summed E-state index contributed by atoms with van der Waals surface area (Å²) in [5, 5.41) is 11.2. The molecule has 36 heavy (non-hydrogen) atoms. The minimum Gasteiger partial charge on any atom is -0.477 e. The van der Waals surface area contributed by atoms with Crippen molar-refractivity contribution in [3.63, 3.8) is 0 Å². The molecule has 5 nitrogen and oxygen atoms in total. The van der Waals surface area contributed by atoms with Crippen LogP contribution in [0.15, 0.2) is 24.3 Å². The monoisotopic (exact) mass is 529 g/mol. The Balaban J connectivity index is 1.65. The second-order valence-corrected chi connectivity index (χ2v) is 18.4. The van der Waals surface area contributed by atoms with Crippen molar-refractivity contribution in [2.45, 2.75) is 109 Å². The van der Waals surface area contributed by atoms with E-state index in [0.717, 1.165) is 61.5 Å². The molecule has 2 aromatic rings. The average molecular weight is 530 g/mol. The van der Waals surface area contributed by atoms with Crippen molar-refractivity contribution in [2.24, 2.45) is 11.8 Å². The minimum atomic E-state index is -1.87. The van der Waals surface area contributed by atoms with Crippen LogP contribution in [0.4, 0.5) is 5.69 Å².